The van der Waals surface area contributed by atoms with Crippen LogP contribution >= 0.6 is 0 Å². The third kappa shape index (κ3) is 7.75. The minimum absolute atomic E-state index is 0.0570. The SMILES string of the molecule is COCCOCOc1c(-c2cccc([N+](=O)[O-])c2)cc(C(CC(=O)OC)C(=O)OC)cc1-c1cc2cc(C#N)ccc2n1S(C)(=O)=O. The average Bonchev–Trinajstić information content (AvgIpc) is 3.46. The van der Waals surface area contributed by atoms with Gasteiger partial charge >= 0.3 is 11.9 Å². The normalized spacial score (nSPS) is 11.9. The quantitative estimate of drug-likeness (QED) is 0.0609. The van der Waals surface area contributed by atoms with Gasteiger partial charge < -0.3 is 23.7 Å². The van der Waals surface area contributed by atoms with Crippen LogP contribution in [0.1, 0.15) is 23.5 Å². The molecule has 0 saturated carbocycles. The van der Waals surface area contributed by atoms with Crippen LogP contribution in [-0.4, -0.2) is 76.8 Å². The Kier molecular flexibility index (Phi) is 10.9. The molecule has 47 heavy (non-hydrogen) atoms. The first-order valence-corrected chi connectivity index (χ1v) is 15.8. The highest BCUT2D eigenvalue weighted by molar-refractivity contribution is 7.89. The summed E-state index contributed by atoms with van der Waals surface area (Å²) >= 11 is 0. The van der Waals surface area contributed by atoms with Crippen molar-refractivity contribution in [3.63, 3.8) is 0 Å². The molecule has 0 fully saturated rings. The third-order valence-corrected chi connectivity index (χ3v) is 8.23. The number of fused-ring (bicyclic) bond motifs is 1. The van der Waals surface area contributed by atoms with Gasteiger partial charge in [0.15, 0.2) is 6.79 Å². The molecule has 4 rings (SSSR count). The number of hydrogen-bond acceptors (Lipinski definition) is 12. The molecule has 1 heterocycles. The minimum atomic E-state index is -4.03. The third-order valence-electron chi connectivity index (χ3n) is 7.18. The highest BCUT2D eigenvalue weighted by Crippen LogP contribution is 2.45. The summed E-state index contributed by atoms with van der Waals surface area (Å²) < 4.78 is 54.3. The fraction of sp³-hybridized carbons (Fsp3) is 0.281. The van der Waals surface area contributed by atoms with Gasteiger partial charge in [0.2, 0.25) is 10.0 Å². The lowest BCUT2D eigenvalue weighted by Gasteiger charge is -2.22. The van der Waals surface area contributed by atoms with E-state index >= 15 is 0 Å². The Labute approximate surface area is 270 Å². The van der Waals surface area contributed by atoms with Gasteiger partial charge in [-0.3, -0.25) is 19.7 Å². The summed E-state index contributed by atoms with van der Waals surface area (Å²) in [6.45, 7) is 0.0722. The lowest BCUT2D eigenvalue weighted by molar-refractivity contribution is -0.384. The largest absolute Gasteiger partial charge is 0.469 e. The zero-order valence-corrected chi connectivity index (χ0v) is 26.7. The van der Waals surface area contributed by atoms with E-state index in [1.807, 2.05) is 6.07 Å². The molecule has 0 N–H and O–H groups in total. The molecule has 1 aromatic heterocycles. The van der Waals surface area contributed by atoms with Crippen molar-refractivity contribution in [1.82, 2.24) is 3.97 Å². The topological polar surface area (TPSA) is 186 Å². The van der Waals surface area contributed by atoms with E-state index in [0.717, 1.165) is 24.4 Å². The van der Waals surface area contributed by atoms with E-state index in [-0.39, 0.29) is 70.5 Å². The lowest BCUT2D eigenvalue weighted by atomic mass is 9.89. The average molecular weight is 666 g/mol. The molecule has 0 radical (unpaired) electrons. The van der Waals surface area contributed by atoms with Crippen molar-refractivity contribution in [3.05, 3.63) is 81.9 Å². The molecule has 0 aliphatic rings. The van der Waals surface area contributed by atoms with Crippen LogP contribution in [0.5, 0.6) is 5.75 Å². The molecule has 246 valence electrons. The number of hydrogen-bond donors (Lipinski definition) is 0. The minimum Gasteiger partial charge on any atom is -0.469 e. The zero-order chi connectivity index (χ0) is 34.3. The molecule has 0 saturated heterocycles. The predicted octanol–water partition coefficient (Wildman–Crippen LogP) is 4.38. The van der Waals surface area contributed by atoms with Crippen molar-refractivity contribution in [2.24, 2.45) is 0 Å². The smallest absolute Gasteiger partial charge is 0.313 e. The first-order chi connectivity index (χ1) is 22.4. The maximum atomic E-state index is 13.3. The van der Waals surface area contributed by atoms with E-state index in [9.17, 15) is 33.4 Å². The van der Waals surface area contributed by atoms with Crippen LogP contribution in [-0.2, 0) is 38.6 Å². The van der Waals surface area contributed by atoms with Crippen molar-refractivity contribution >= 4 is 38.6 Å². The van der Waals surface area contributed by atoms with Gasteiger partial charge in [-0.05, 0) is 47.5 Å². The molecule has 1 unspecified atom stereocenters. The number of nitrogens with zero attached hydrogens (tertiary/aromatic N) is 3. The van der Waals surface area contributed by atoms with E-state index in [1.165, 1.54) is 55.6 Å². The van der Waals surface area contributed by atoms with Gasteiger partial charge in [0, 0.05) is 35.8 Å². The summed E-state index contributed by atoms with van der Waals surface area (Å²) in [4.78, 5) is 36.7. The summed E-state index contributed by atoms with van der Waals surface area (Å²) in [6, 6.07) is 16.7. The van der Waals surface area contributed by atoms with E-state index in [2.05, 4.69) is 0 Å². The second kappa shape index (κ2) is 14.9. The summed E-state index contributed by atoms with van der Waals surface area (Å²) in [6.07, 6.45) is 0.570. The number of nitro benzene ring substituents is 1. The molecule has 0 spiro atoms. The molecule has 0 bridgehead atoms. The van der Waals surface area contributed by atoms with Crippen LogP contribution in [0, 0.1) is 21.4 Å². The van der Waals surface area contributed by atoms with Gasteiger partial charge in [-0.25, -0.2) is 12.4 Å². The van der Waals surface area contributed by atoms with Crippen molar-refractivity contribution in [2.75, 3.05) is 47.6 Å². The first-order valence-electron chi connectivity index (χ1n) is 14.0. The van der Waals surface area contributed by atoms with Crippen LogP contribution in [0.2, 0.25) is 0 Å². The Morgan fingerprint density at radius 1 is 1.00 bits per heavy atom. The lowest BCUT2D eigenvalue weighted by Crippen LogP contribution is -2.19. The van der Waals surface area contributed by atoms with E-state index in [0.29, 0.717) is 5.39 Å². The monoisotopic (exact) mass is 665 g/mol. The Hall–Kier alpha value is -5.30. The zero-order valence-electron chi connectivity index (χ0n) is 25.9. The molecule has 0 amide bonds. The molecule has 15 heteroatoms. The maximum Gasteiger partial charge on any atom is 0.313 e. The van der Waals surface area contributed by atoms with Crippen molar-refractivity contribution in [1.29, 1.82) is 5.26 Å². The number of rotatable bonds is 14. The van der Waals surface area contributed by atoms with E-state index in [4.69, 9.17) is 23.7 Å². The second-order valence-corrected chi connectivity index (χ2v) is 12.0. The van der Waals surface area contributed by atoms with Crippen molar-refractivity contribution in [2.45, 2.75) is 12.3 Å². The molecule has 0 aliphatic carbocycles. The Morgan fingerprint density at radius 2 is 1.74 bits per heavy atom. The van der Waals surface area contributed by atoms with Crippen LogP contribution in [0.15, 0.2) is 60.7 Å². The van der Waals surface area contributed by atoms with Crippen LogP contribution in [0.3, 0.4) is 0 Å². The molecular weight excluding hydrogens is 634 g/mol. The molecule has 0 aliphatic heterocycles. The fourth-order valence-electron chi connectivity index (χ4n) is 5.04. The number of esters is 2. The summed E-state index contributed by atoms with van der Waals surface area (Å²) in [5, 5.41) is 21.6. The standard InChI is InChI=1S/C32H31N3O11S/c1-42-10-11-45-19-46-31-25(21-6-5-7-24(13-21)35(38)39)14-22(26(32(37)44-3)17-30(36)43-2)15-27(31)29-16-23-12-20(18-33)8-9-28(23)34(29)47(4,40)41/h5-9,12-16,26H,10-11,17,19H2,1-4H3. The number of non-ortho nitro benzene ring substituents is 1. The highest BCUT2D eigenvalue weighted by Gasteiger charge is 2.30. The van der Waals surface area contributed by atoms with Gasteiger partial charge in [-0.15, -0.1) is 0 Å². The number of nitro groups is 1. The molecular formula is C32H31N3O11S. The van der Waals surface area contributed by atoms with Gasteiger partial charge in [0.05, 0.1) is 73.8 Å². The van der Waals surface area contributed by atoms with Crippen molar-refractivity contribution < 1.29 is 46.6 Å². The summed E-state index contributed by atoms with van der Waals surface area (Å²) in [5.74, 6) is -2.68. The Balaban J connectivity index is 2.15. The molecule has 14 nitrogen and oxygen atoms in total. The number of carbonyl (C=O) groups excluding carboxylic acids is 2. The molecule has 1 atom stereocenters. The number of ether oxygens (including phenoxy) is 5. The second-order valence-electron chi connectivity index (χ2n) is 10.2. The Bertz CT molecular complexity index is 1980. The fourth-order valence-corrected chi connectivity index (χ4v) is 6.07. The van der Waals surface area contributed by atoms with E-state index < -0.39 is 39.2 Å². The van der Waals surface area contributed by atoms with Gasteiger partial charge in [0.25, 0.3) is 5.69 Å². The predicted molar refractivity (Wildman–Crippen MR) is 169 cm³/mol. The summed E-state index contributed by atoms with van der Waals surface area (Å²) in [7, 11) is -0.221. The molecule has 3 aromatic carbocycles. The van der Waals surface area contributed by atoms with Gasteiger partial charge in [-0.1, -0.05) is 12.1 Å². The summed E-state index contributed by atoms with van der Waals surface area (Å²) in [5.41, 5.74) is 1.22. The van der Waals surface area contributed by atoms with Crippen molar-refractivity contribution in [3.8, 4) is 34.2 Å². The Morgan fingerprint density at radius 3 is 2.38 bits per heavy atom. The van der Waals surface area contributed by atoms with Crippen LogP contribution in [0.4, 0.5) is 5.69 Å². The van der Waals surface area contributed by atoms with Crippen LogP contribution < -0.4 is 4.74 Å². The van der Waals surface area contributed by atoms with Crippen LogP contribution in [0.25, 0.3) is 33.3 Å². The van der Waals surface area contributed by atoms with Gasteiger partial charge in [0.1, 0.15) is 5.75 Å². The first kappa shape index (κ1) is 34.6. The number of methoxy groups -OCH3 is 3. The maximum absolute atomic E-state index is 13.3. The molecule has 4 aromatic rings. The highest BCUT2D eigenvalue weighted by atomic mass is 32.2. The number of benzene rings is 3. The number of carbonyl (C=O) groups is 2. The van der Waals surface area contributed by atoms with E-state index in [1.54, 1.807) is 12.1 Å². The van der Waals surface area contributed by atoms with Gasteiger partial charge in [-0.2, -0.15) is 5.26 Å². The number of aromatic nitrogens is 1. The number of nitriles is 1.